The van der Waals surface area contributed by atoms with Crippen molar-refractivity contribution in [3.05, 3.63) is 28.7 Å². The Morgan fingerprint density at radius 2 is 2.12 bits per heavy atom. The molecule has 1 aromatic heterocycles. The van der Waals surface area contributed by atoms with Gasteiger partial charge in [-0.2, -0.15) is 0 Å². The van der Waals surface area contributed by atoms with Crippen LogP contribution in [0.2, 0.25) is 0 Å². The Kier molecular flexibility index (Phi) is 5.94. The number of carbonyl (C=O) groups excluding carboxylic acids is 1. The van der Waals surface area contributed by atoms with Crippen molar-refractivity contribution in [3.8, 4) is 11.5 Å². The average Bonchev–Trinajstić information content (AvgIpc) is 3.04. The summed E-state index contributed by atoms with van der Waals surface area (Å²) < 4.78 is 6.54. The van der Waals surface area contributed by atoms with E-state index in [0.29, 0.717) is 28.8 Å². The summed E-state index contributed by atoms with van der Waals surface area (Å²) >= 11 is 4.74. The first-order valence-electron chi connectivity index (χ1n) is 8.14. The van der Waals surface area contributed by atoms with Crippen molar-refractivity contribution in [2.75, 3.05) is 5.75 Å². The first-order valence-corrected chi connectivity index (χ1v) is 9.92. The summed E-state index contributed by atoms with van der Waals surface area (Å²) in [5.41, 5.74) is 0.845. The van der Waals surface area contributed by atoms with Crippen LogP contribution in [0, 0.1) is 5.92 Å². The summed E-state index contributed by atoms with van der Waals surface area (Å²) in [6, 6.07) is 7.96. The van der Waals surface area contributed by atoms with Crippen LogP contribution in [0.15, 0.2) is 38.4 Å². The van der Waals surface area contributed by atoms with Gasteiger partial charge in [0.1, 0.15) is 0 Å². The number of benzene rings is 1. The highest BCUT2D eigenvalue weighted by Crippen LogP contribution is 2.29. The second-order valence-electron chi connectivity index (χ2n) is 6.08. The molecule has 24 heavy (non-hydrogen) atoms. The van der Waals surface area contributed by atoms with Crippen molar-refractivity contribution >= 4 is 33.6 Å². The molecule has 0 radical (unpaired) electrons. The minimum atomic E-state index is 0.0272. The Bertz CT molecular complexity index is 707. The fourth-order valence-corrected chi connectivity index (χ4v) is 3.95. The Balaban J connectivity index is 1.54. The van der Waals surface area contributed by atoms with E-state index >= 15 is 0 Å². The molecule has 1 aliphatic rings. The van der Waals surface area contributed by atoms with Gasteiger partial charge in [0, 0.05) is 10.5 Å². The largest absolute Gasteiger partial charge is 0.411 e. The Morgan fingerprint density at radius 3 is 2.92 bits per heavy atom. The lowest BCUT2D eigenvalue weighted by molar-refractivity contribution is -0.119. The lowest BCUT2D eigenvalue weighted by atomic mass is 9.86. The third-order valence-electron chi connectivity index (χ3n) is 4.30. The minimum Gasteiger partial charge on any atom is -0.411 e. The summed E-state index contributed by atoms with van der Waals surface area (Å²) in [5, 5.41) is 11.6. The molecule has 0 saturated heterocycles. The average molecular weight is 410 g/mol. The molecule has 0 aliphatic heterocycles. The van der Waals surface area contributed by atoms with E-state index in [-0.39, 0.29) is 5.91 Å². The number of carbonyl (C=O) groups is 1. The molecule has 1 fully saturated rings. The molecule has 1 heterocycles. The second kappa shape index (κ2) is 8.16. The summed E-state index contributed by atoms with van der Waals surface area (Å²) in [7, 11) is 0. The SMILES string of the molecule is C[C@@H]1CCCC[C@@H]1NC(=O)CSc1nnc(-c2ccccc2Br)o1. The van der Waals surface area contributed by atoms with Gasteiger partial charge in [0.05, 0.1) is 11.3 Å². The van der Waals surface area contributed by atoms with Gasteiger partial charge in [0.15, 0.2) is 0 Å². The van der Waals surface area contributed by atoms with Gasteiger partial charge in [-0.05, 0) is 46.8 Å². The summed E-state index contributed by atoms with van der Waals surface area (Å²) in [6.45, 7) is 2.21. The van der Waals surface area contributed by atoms with Crippen molar-refractivity contribution in [1.29, 1.82) is 0 Å². The number of rotatable bonds is 5. The van der Waals surface area contributed by atoms with Gasteiger partial charge in [-0.1, -0.05) is 43.7 Å². The number of thioether (sulfide) groups is 1. The third kappa shape index (κ3) is 4.39. The molecule has 1 aliphatic carbocycles. The highest BCUT2D eigenvalue weighted by Gasteiger charge is 2.23. The van der Waals surface area contributed by atoms with Crippen LogP contribution in [0.25, 0.3) is 11.5 Å². The van der Waals surface area contributed by atoms with Crippen LogP contribution in [-0.4, -0.2) is 27.9 Å². The number of hydrogen-bond acceptors (Lipinski definition) is 5. The van der Waals surface area contributed by atoms with Crippen molar-refractivity contribution in [2.45, 2.75) is 43.9 Å². The zero-order valence-corrected chi connectivity index (χ0v) is 15.9. The Labute approximate surface area is 154 Å². The van der Waals surface area contributed by atoms with Gasteiger partial charge in [0.25, 0.3) is 5.22 Å². The van der Waals surface area contributed by atoms with Crippen LogP contribution in [0.5, 0.6) is 0 Å². The number of nitrogens with zero attached hydrogens (tertiary/aromatic N) is 2. The first kappa shape index (κ1) is 17.5. The second-order valence-corrected chi connectivity index (χ2v) is 7.86. The molecule has 5 nitrogen and oxygen atoms in total. The van der Waals surface area contributed by atoms with Crippen LogP contribution in [0.1, 0.15) is 32.6 Å². The maximum absolute atomic E-state index is 12.1. The zero-order valence-electron chi connectivity index (χ0n) is 13.5. The standard InChI is InChI=1S/C17H20BrN3O2S/c1-11-6-2-5-9-14(11)19-15(22)10-24-17-21-20-16(23-17)12-7-3-4-8-13(12)18/h3-4,7-8,11,14H,2,5-6,9-10H2,1H3,(H,19,22)/t11-,14+/m1/s1. The summed E-state index contributed by atoms with van der Waals surface area (Å²) in [5.74, 6) is 1.32. The zero-order chi connectivity index (χ0) is 16.9. The smallest absolute Gasteiger partial charge is 0.277 e. The van der Waals surface area contributed by atoms with E-state index in [4.69, 9.17) is 4.42 Å². The molecule has 1 aromatic carbocycles. The van der Waals surface area contributed by atoms with Crippen molar-refractivity contribution in [2.24, 2.45) is 5.92 Å². The quantitative estimate of drug-likeness (QED) is 0.745. The lowest BCUT2D eigenvalue weighted by Crippen LogP contribution is -2.41. The van der Waals surface area contributed by atoms with E-state index in [9.17, 15) is 4.79 Å². The van der Waals surface area contributed by atoms with Crippen LogP contribution in [0.4, 0.5) is 0 Å². The third-order valence-corrected chi connectivity index (χ3v) is 5.81. The van der Waals surface area contributed by atoms with Crippen molar-refractivity contribution in [3.63, 3.8) is 0 Å². The summed E-state index contributed by atoms with van der Waals surface area (Å²) in [4.78, 5) is 12.1. The molecule has 1 saturated carbocycles. The van der Waals surface area contributed by atoms with Gasteiger partial charge in [0.2, 0.25) is 11.8 Å². The molecule has 0 spiro atoms. The molecule has 1 N–H and O–H groups in total. The van der Waals surface area contributed by atoms with E-state index < -0.39 is 0 Å². The number of hydrogen-bond donors (Lipinski definition) is 1. The van der Waals surface area contributed by atoms with E-state index in [1.807, 2.05) is 24.3 Å². The fourth-order valence-electron chi connectivity index (χ4n) is 2.92. The molecule has 0 unspecified atom stereocenters. The predicted molar refractivity (Wildman–Crippen MR) is 97.7 cm³/mol. The van der Waals surface area contributed by atoms with Gasteiger partial charge in [-0.15, -0.1) is 10.2 Å². The molecular formula is C17H20BrN3O2S. The molecule has 3 rings (SSSR count). The molecule has 2 aromatic rings. The number of amides is 1. The van der Waals surface area contributed by atoms with E-state index in [0.717, 1.165) is 16.5 Å². The Hall–Kier alpha value is -1.34. The topological polar surface area (TPSA) is 68.0 Å². The monoisotopic (exact) mass is 409 g/mol. The fraction of sp³-hybridized carbons (Fsp3) is 0.471. The van der Waals surface area contributed by atoms with Crippen molar-refractivity contribution < 1.29 is 9.21 Å². The molecule has 128 valence electrons. The van der Waals surface area contributed by atoms with Gasteiger partial charge >= 0.3 is 0 Å². The minimum absolute atomic E-state index is 0.0272. The van der Waals surface area contributed by atoms with Gasteiger partial charge < -0.3 is 9.73 Å². The molecule has 0 bridgehead atoms. The van der Waals surface area contributed by atoms with Crippen LogP contribution in [0.3, 0.4) is 0 Å². The predicted octanol–water partition coefficient (Wildman–Crippen LogP) is 4.29. The van der Waals surface area contributed by atoms with Gasteiger partial charge in [-0.3, -0.25) is 4.79 Å². The number of nitrogens with one attached hydrogen (secondary N) is 1. The summed E-state index contributed by atoms with van der Waals surface area (Å²) in [6.07, 6.45) is 4.73. The van der Waals surface area contributed by atoms with E-state index in [2.05, 4.69) is 38.4 Å². The van der Waals surface area contributed by atoms with E-state index in [1.54, 1.807) is 0 Å². The molecular weight excluding hydrogens is 390 g/mol. The number of halogens is 1. The maximum Gasteiger partial charge on any atom is 0.277 e. The highest BCUT2D eigenvalue weighted by atomic mass is 79.9. The highest BCUT2D eigenvalue weighted by molar-refractivity contribution is 9.10. The molecule has 1 amide bonds. The molecule has 7 heteroatoms. The Morgan fingerprint density at radius 1 is 1.33 bits per heavy atom. The lowest BCUT2D eigenvalue weighted by Gasteiger charge is -2.29. The first-order chi connectivity index (χ1) is 11.6. The van der Waals surface area contributed by atoms with Crippen LogP contribution >= 0.6 is 27.7 Å². The molecule has 2 atom stereocenters. The van der Waals surface area contributed by atoms with Crippen LogP contribution in [-0.2, 0) is 4.79 Å². The number of aromatic nitrogens is 2. The van der Waals surface area contributed by atoms with Gasteiger partial charge in [-0.25, -0.2) is 0 Å². The van der Waals surface area contributed by atoms with Crippen LogP contribution < -0.4 is 5.32 Å². The van der Waals surface area contributed by atoms with Crippen molar-refractivity contribution in [1.82, 2.24) is 15.5 Å². The van der Waals surface area contributed by atoms with E-state index in [1.165, 1.54) is 31.0 Å². The normalized spacial score (nSPS) is 20.8. The maximum atomic E-state index is 12.1.